The van der Waals surface area contributed by atoms with Gasteiger partial charge in [0.25, 0.3) is 0 Å². The van der Waals surface area contributed by atoms with Crippen molar-refractivity contribution in [3.63, 3.8) is 0 Å². The maximum atomic E-state index is 13.4. The predicted molar refractivity (Wildman–Crippen MR) is 66.7 cm³/mol. The van der Waals surface area contributed by atoms with Gasteiger partial charge in [-0.05, 0) is 18.2 Å². The summed E-state index contributed by atoms with van der Waals surface area (Å²) < 4.78 is 27.0. The Hall–Kier alpha value is -1.33. The average Bonchev–Trinajstić information content (AvgIpc) is 2.31. The summed E-state index contributed by atoms with van der Waals surface area (Å²) in [5.74, 6) is -2.50. The molecular formula is C12H5BrClF2NO. The second-order valence-electron chi connectivity index (χ2n) is 3.44. The molecule has 2 nitrogen and oxygen atoms in total. The number of benzene rings is 1. The number of ketones is 1. The first-order valence-corrected chi connectivity index (χ1v) is 5.97. The standard InChI is InChI=1S/C12H5BrClF2NO/c13-6-1-2-7(9(14)3-6)12(18)8-4-11(16)17-5-10(8)15/h1-5H. The van der Waals surface area contributed by atoms with E-state index in [0.29, 0.717) is 10.7 Å². The largest absolute Gasteiger partial charge is 0.288 e. The van der Waals surface area contributed by atoms with Gasteiger partial charge in [0.2, 0.25) is 5.95 Å². The van der Waals surface area contributed by atoms with Gasteiger partial charge >= 0.3 is 0 Å². The molecule has 0 radical (unpaired) electrons. The van der Waals surface area contributed by atoms with E-state index in [1.807, 2.05) is 0 Å². The number of aromatic nitrogens is 1. The fourth-order valence-electron chi connectivity index (χ4n) is 1.41. The number of pyridine rings is 1. The van der Waals surface area contributed by atoms with Gasteiger partial charge in [0.15, 0.2) is 11.6 Å². The Kier molecular flexibility index (Phi) is 3.73. The van der Waals surface area contributed by atoms with Crippen molar-refractivity contribution in [3.05, 3.63) is 62.8 Å². The third-order valence-corrected chi connectivity index (χ3v) is 3.05. The molecule has 6 heteroatoms. The molecule has 0 N–H and O–H groups in total. The summed E-state index contributed by atoms with van der Waals surface area (Å²) in [5, 5.41) is 0.158. The number of hydrogen-bond donors (Lipinski definition) is 0. The number of hydrogen-bond acceptors (Lipinski definition) is 2. The summed E-state index contributed by atoms with van der Waals surface area (Å²) in [7, 11) is 0. The Labute approximate surface area is 115 Å². The maximum absolute atomic E-state index is 13.4. The molecule has 0 aliphatic heterocycles. The van der Waals surface area contributed by atoms with Crippen LogP contribution in [-0.2, 0) is 0 Å². The fourth-order valence-corrected chi connectivity index (χ4v) is 2.17. The molecule has 0 bridgehead atoms. The Bertz CT molecular complexity index is 633. The van der Waals surface area contributed by atoms with E-state index in [4.69, 9.17) is 11.6 Å². The van der Waals surface area contributed by atoms with Crippen LogP contribution in [-0.4, -0.2) is 10.8 Å². The van der Waals surface area contributed by atoms with Crippen molar-refractivity contribution < 1.29 is 13.6 Å². The molecule has 0 aliphatic carbocycles. The zero-order valence-corrected chi connectivity index (χ0v) is 11.1. The van der Waals surface area contributed by atoms with E-state index in [9.17, 15) is 13.6 Å². The molecule has 1 aromatic heterocycles. The molecule has 0 fully saturated rings. The Morgan fingerprint density at radius 1 is 1.22 bits per heavy atom. The summed E-state index contributed by atoms with van der Waals surface area (Å²) in [6.07, 6.45) is 0.662. The van der Waals surface area contributed by atoms with E-state index in [0.717, 1.165) is 6.07 Å². The summed E-state index contributed by atoms with van der Waals surface area (Å²) in [6, 6.07) is 5.28. The second-order valence-corrected chi connectivity index (χ2v) is 4.76. The number of nitrogens with zero attached hydrogens (tertiary/aromatic N) is 1. The van der Waals surface area contributed by atoms with Crippen molar-refractivity contribution in [1.29, 1.82) is 0 Å². The van der Waals surface area contributed by atoms with Gasteiger partial charge in [-0.25, -0.2) is 9.37 Å². The van der Waals surface area contributed by atoms with Crippen LogP contribution in [0.1, 0.15) is 15.9 Å². The summed E-state index contributed by atoms with van der Waals surface area (Å²) >= 11 is 9.07. The van der Waals surface area contributed by atoms with Crippen LogP contribution in [0.25, 0.3) is 0 Å². The van der Waals surface area contributed by atoms with Crippen LogP contribution in [0.3, 0.4) is 0 Å². The fraction of sp³-hybridized carbons (Fsp3) is 0. The van der Waals surface area contributed by atoms with Crippen molar-refractivity contribution in [2.45, 2.75) is 0 Å². The minimum atomic E-state index is -0.923. The molecule has 0 spiro atoms. The van der Waals surface area contributed by atoms with Crippen molar-refractivity contribution in [2.24, 2.45) is 0 Å². The van der Waals surface area contributed by atoms with Crippen LogP contribution in [0.15, 0.2) is 34.9 Å². The summed E-state index contributed by atoms with van der Waals surface area (Å²) in [4.78, 5) is 15.1. The molecule has 18 heavy (non-hydrogen) atoms. The van der Waals surface area contributed by atoms with Gasteiger partial charge in [0, 0.05) is 16.1 Å². The third-order valence-electron chi connectivity index (χ3n) is 2.24. The van der Waals surface area contributed by atoms with Gasteiger partial charge in [-0.3, -0.25) is 4.79 Å². The highest BCUT2D eigenvalue weighted by Gasteiger charge is 2.18. The van der Waals surface area contributed by atoms with Gasteiger partial charge in [-0.1, -0.05) is 27.5 Å². The molecule has 1 aromatic carbocycles. The van der Waals surface area contributed by atoms with Gasteiger partial charge in [0.1, 0.15) is 0 Å². The molecule has 0 saturated heterocycles. The highest BCUT2D eigenvalue weighted by atomic mass is 79.9. The lowest BCUT2D eigenvalue weighted by molar-refractivity contribution is 0.103. The molecule has 0 unspecified atom stereocenters. The van der Waals surface area contributed by atoms with Crippen LogP contribution in [0.5, 0.6) is 0 Å². The molecule has 2 rings (SSSR count). The zero-order valence-electron chi connectivity index (χ0n) is 8.75. The first-order valence-electron chi connectivity index (χ1n) is 4.80. The number of carbonyl (C=O) groups excluding carboxylic acids is 1. The second kappa shape index (κ2) is 5.12. The topological polar surface area (TPSA) is 30.0 Å². The summed E-state index contributed by atoms with van der Waals surface area (Å²) in [5.41, 5.74) is -0.295. The zero-order chi connectivity index (χ0) is 13.3. The molecule has 2 aromatic rings. The molecule has 0 amide bonds. The third kappa shape index (κ3) is 2.57. The van der Waals surface area contributed by atoms with Gasteiger partial charge in [-0.15, -0.1) is 0 Å². The molecule has 0 atom stereocenters. The van der Waals surface area contributed by atoms with E-state index in [2.05, 4.69) is 20.9 Å². The van der Waals surface area contributed by atoms with Crippen LogP contribution in [0, 0.1) is 11.8 Å². The highest BCUT2D eigenvalue weighted by Crippen LogP contribution is 2.24. The normalized spacial score (nSPS) is 10.4. The van der Waals surface area contributed by atoms with Crippen LogP contribution in [0.2, 0.25) is 5.02 Å². The lowest BCUT2D eigenvalue weighted by Crippen LogP contribution is -2.06. The Balaban J connectivity index is 2.51. The lowest BCUT2D eigenvalue weighted by Gasteiger charge is -2.05. The minimum absolute atomic E-state index is 0.101. The molecule has 0 aliphatic rings. The molecule has 0 saturated carbocycles. The Morgan fingerprint density at radius 2 is 1.94 bits per heavy atom. The first kappa shape index (κ1) is 13.1. The number of halogens is 4. The monoisotopic (exact) mass is 331 g/mol. The van der Waals surface area contributed by atoms with Crippen LogP contribution in [0.4, 0.5) is 8.78 Å². The van der Waals surface area contributed by atoms with Crippen molar-refractivity contribution in [2.75, 3.05) is 0 Å². The minimum Gasteiger partial charge on any atom is -0.288 e. The van der Waals surface area contributed by atoms with E-state index < -0.39 is 23.1 Å². The molecular weight excluding hydrogens is 327 g/mol. The number of rotatable bonds is 2. The molecule has 1 heterocycles. The van der Waals surface area contributed by atoms with Crippen LogP contribution >= 0.6 is 27.5 Å². The van der Waals surface area contributed by atoms with Gasteiger partial charge < -0.3 is 0 Å². The number of carbonyl (C=O) groups is 1. The van der Waals surface area contributed by atoms with Crippen LogP contribution < -0.4 is 0 Å². The highest BCUT2D eigenvalue weighted by molar-refractivity contribution is 9.10. The van der Waals surface area contributed by atoms with Gasteiger partial charge in [-0.2, -0.15) is 4.39 Å². The van der Waals surface area contributed by atoms with Gasteiger partial charge in [0.05, 0.1) is 16.8 Å². The Morgan fingerprint density at radius 3 is 2.61 bits per heavy atom. The van der Waals surface area contributed by atoms with E-state index >= 15 is 0 Å². The van der Waals surface area contributed by atoms with Crippen molar-refractivity contribution in [3.8, 4) is 0 Å². The summed E-state index contributed by atoms with van der Waals surface area (Å²) in [6.45, 7) is 0. The predicted octanol–water partition coefficient (Wildman–Crippen LogP) is 4.01. The van der Waals surface area contributed by atoms with E-state index in [1.54, 1.807) is 6.07 Å². The SMILES string of the molecule is O=C(c1cc(F)ncc1F)c1ccc(Br)cc1Cl. The quantitative estimate of drug-likeness (QED) is 0.614. The van der Waals surface area contributed by atoms with Crippen molar-refractivity contribution in [1.82, 2.24) is 4.98 Å². The molecule has 92 valence electrons. The van der Waals surface area contributed by atoms with E-state index in [1.165, 1.54) is 12.1 Å². The van der Waals surface area contributed by atoms with E-state index in [-0.39, 0.29) is 10.6 Å². The average molecular weight is 333 g/mol. The maximum Gasteiger partial charge on any atom is 0.213 e. The first-order chi connectivity index (χ1) is 8.49. The van der Waals surface area contributed by atoms with Crippen molar-refractivity contribution >= 4 is 33.3 Å². The smallest absolute Gasteiger partial charge is 0.213 e. The lowest BCUT2D eigenvalue weighted by atomic mass is 10.0.